The van der Waals surface area contributed by atoms with Crippen molar-refractivity contribution in [2.75, 3.05) is 6.61 Å². The van der Waals surface area contributed by atoms with E-state index in [1.54, 1.807) is 23.7 Å². The third-order valence-corrected chi connectivity index (χ3v) is 5.65. The number of hydrogen-bond donors (Lipinski definition) is 0. The number of rotatable bonds is 5. The minimum absolute atomic E-state index is 0.624. The minimum Gasteiger partial charge on any atom is -0.389 e. The maximum Gasteiger partial charge on any atom is 0.274 e. The van der Waals surface area contributed by atoms with Crippen LogP contribution in [0.2, 0.25) is 0 Å². The number of alkyl halides is 2. The van der Waals surface area contributed by atoms with Gasteiger partial charge in [-0.15, -0.1) is 11.3 Å². The number of nitrogens with zero attached hydrogens (tertiary/aromatic N) is 4. The van der Waals surface area contributed by atoms with Gasteiger partial charge in [-0.25, -0.2) is 18.7 Å². The van der Waals surface area contributed by atoms with E-state index in [-0.39, 0.29) is 0 Å². The summed E-state index contributed by atoms with van der Waals surface area (Å²) in [7, 11) is 0. The number of pyridine rings is 2. The van der Waals surface area contributed by atoms with Gasteiger partial charge in [0.05, 0.1) is 22.0 Å². The summed E-state index contributed by atoms with van der Waals surface area (Å²) in [6.45, 7) is 1.24. The molecule has 0 atom stereocenters. The van der Waals surface area contributed by atoms with Crippen molar-refractivity contribution in [1.82, 2.24) is 15.0 Å². The first kappa shape index (κ1) is 18.6. The molecule has 3 heterocycles. The van der Waals surface area contributed by atoms with Crippen LogP contribution in [0.15, 0.2) is 41.8 Å². The molecule has 28 heavy (non-hydrogen) atoms. The number of thiazole rings is 1. The van der Waals surface area contributed by atoms with Gasteiger partial charge in [-0.1, -0.05) is 11.2 Å². The van der Waals surface area contributed by atoms with Crippen LogP contribution in [0.1, 0.15) is 29.8 Å². The van der Waals surface area contributed by atoms with Crippen LogP contribution in [-0.2, 0) is 11.3 Å². The molecule has 0 aliphatic heterocycles. The zero-order valence-electron chi connectivity index (χ0n) is 15.2. The number of hydrogen-bond acceptors (Lipinski definition) is 6. The normalized spacial score (nSPS) is 15.1. The monoisotopic (exact) mass is 400 g/mol. The summed E-state index contributed by atoms with van der Waals surface area (Å²) in [5, 5.41) is 4.81. The molecule has 0 saturated heterocycles. The Hall–Kier alpha value is -2.74. The molecule has 0 amide bonds. The van der Waals surface area contributed by atoms with Crippen molar-refractivity contribution < 1.29 is 13.6 Å². The lowest BCUT2D eigenvalue weighted by molar-refractivity contribution is 0.0200. The topological polar surface area (TPSA) is 60.3 Å². The van der Waals surface area contributed by atoms with Crippen LogP contribution in [-0.4, -0.2) is 33.7 Å². The molecule has 0 bridgehead atoms. The standard InChI is InChI=1S/C20H18F2N4OS/c1-12-19(28-20(24-12)14-5-3-9-23-10-14)16-8-7-13-4-2-6-15(18(13)25-16)26-27-11-17(21)22/h3,5,7-10,17H,2,4,6,11H2,1H3/b26-15+. The number of halogens is 2. The molecule has 3 aromatic rings. The van der Waals surface area contributed by atoms with Crippen molar-refractivity contribution in [3.05, 3.63) is 53.6 Å². The minimum atomic E-state index is -2.54. The Bertz CT molecular complexity index is 1000. The van der Waals surface area contributed by atoms with Crippen LogP contribution in [0.5, 0.6) is 0 Å². The van der Waals surface area contributed by atoms with Crippen LogP contribution >= 0.6 is 11.3 Å². The Morgan fingerprint density at radius 1 is 1.21 bits per heavy atom. The third-order valence-electron chi connectivity index (χ3n) is 4.42. The van der Waals surface area contributed by atoms with Crippen molar-refractivity contribution in [3.63, 3.8) is 0 Å². The Balaban J connectivity index is 1.68. The SMILES string of the molecule is Cc1nc(-c2cccnc2)sc1-c1ccc2c(n1)/C(=N/OCC(F)F)CCC2. The van der Waals surface area contributed by atoms with Gasteiger partial charge in [0.2, 0.25) is 0 Å². The molecule has 0 aromatic carbocycles. The molecule has 0 spiro atoms. The molecule has 1 aliphatic carbocycles. The second kappa shape index (κ2) is 8.10. The summed E-state index contributed by atoms with van der Waals surface area (Å²) >= 11 is 1.56. The summed E-state index contributed by atoms with van der Waals surface area (Å²) in [5.74, 6) is 0. The number of aromatic nitrogens is 3. The molecule has 0 saturated carbocycles. The van der Waals surface area contributed by atoms with E-state index in [4.69, 9.17) is 9.82 Å². The lowest BCUT2D eigenvalue weighted by Crippen LogP contribution is -2.15. The van der Waals surface area contributed by atoms with Crippen molar-refractivity contribution >= 4 is 17.0 Å². The largest absolute Gasteiger partial charge is 0.389 e. The average Bonchev–Trinajstić information content (AvgIpc) is 3.10. The average molecular weight is 400 g/mol. The Morgan fingerprint density at radius 2 is 2.11 bits per heavy atom. The Kier molecular flexibility index (Phi) is 5.38. The maximum absolute atomic E-state index is 12.3. The summed E-state index contributed by atoms with van der Waals surface area (Å²) in [4.78, 5) is 19.4. The van der Waals surface area contributed by atoms with E-state index in [0.717, 1.165) is 50.9 Å². The van der Waals surface area contributed by atoms with Gasteiger partial charge in [-0.05, 0) is 49.9 Å². The predicted molar refractivity (Wildman–Crippen MR) is 105 cm³/mol. The molecule has 0 N–H and O–H groups in total. The van der Waals surface area contributed by atoms with Crippen molar-refractivity contribution in [1.29, 1.82) is 0 Å². The maximum atomic E-state index is 12.3. The van der Waals surface area contributed by atoms with Gasteiger partial charge < -0.3 is 4.84 Å². The Morgan fingerprint density at radius 3 is 2.89 bits per heavy atom. The van der Waals surface area contributed by atoms with Crippen LogP contribution < -0.4 is 0 Å². The predicted octanol–water partition coefficient (Wildman–Crippen LogP) is 4.90. The van der Waals surface area contributed by atoms with Crippen molar-refractivity contribution in [2.24, 2.45) is 5.16 Å². The third kappa shape index (κ3) is 3.91. The zero-order valence-corrected chi connectivity index (χ0v) is 16.0. The summed E-state index contributed by atoms with van der Waals surface area (Å²) in [6, 6.07) is 7.86. The van der Waals surface area contributed by atoms with Gasteiger partial charge in [-0.3, -0.25) is 4.98 Å². The molecule has 3 aromatic heterocycles. The van der Waals surface area contributed by atoms with Gasteiger partial charge in [0.25, 0.3) is 6.43 Å². The van der Waals surface area contributed by atoms with Gasteiger partial charge in [-0.2, -0.15) is 0 Å². The van der Waals surface area contributed by atoms with Gasteiger partial charge in [0.15, 0.2) is 6.61 Å². The van der Waals surface area contributed by atoms with Crippen LogP contribution in [0.25, 0.3) is 21.1 Å². The highest BCUT2D eigenvalue weighted by Crippen LogP contribution is 2.35. The molecule has 8 heteroatoms. The van der Waals surface area contributed by atoms with E-state index in [2.05, 4.69) is 15.1 Å². The number of fused-ring (bicyclic) bond motifs is 1. The van der Waals surface area contributed by atoms with Crippen molar-refractivity contribution in [3.8, 4) is 21.1 Å². The molecule has 4 rings (SSSR count). The van der Waals surface area contributed by atoms with Crippen LogP contribution in [0.4, 0.5) is 8.78 Å². The molecule has 1 aliphatic rings. The van der Waals surface area contributed by atoms with Gasteiger partial charge in [0.1, 0.15) is 10.7 Å². The molecular formula is C20H18F2N4OS. The highest BCUT2D eigenvalue weighted by molar-refractivity contribution is 7.18. The van der Waals surface area contributed by atoms with E-state index < -0.39 is 13.0 Å². The van der Waals surface area contributed by atoms with E-state index in [1.807, 2.05) is 31.2 Å². The van der Waals surface area contributed by atoms with E-state index >= 15 is 0 Å². The quantitative estimate of drug-likeness (QED) is 0.572. The van der Waals surface area contributed by atoms with Crippen LogP contribution in [0.3, 0.4) is 0 Å². The lowest BCUT2D eigenvalue weighted by atomic mass is 9.94. The molecular weight excluding hydrogens is 382 g/mol. The fraction of sp³-hybridized carbons (Fsp3) is 0.300. The first-order valence-corrected chi connectivity index (χ1v) is 9.79. The first-order valence-electron chi connectivity index (χ1n) is 8.97. The first-order chi connectivity index (χ1) is 13.6. The Labute approximate surface area is 165 Å². The lowest BCUT2D eigenvalue weighted by Gasteiger charge is -2.17. The summed E-state index contributed by atoms with van der Waals surface area (Å²) < 4.78 is 24.7. The fourth-order valence-corrected chi connectivity index (χ4v) is 4.16. The second-order valence-electron chi connectivity index (χ2n) is 6.46. The van der Waals surface area contributed by atoms with Gasteiger partial charge >= 0.3 is 0 Å². The molecule has 0 unspecified atom stereocenters. The highest BCUT2D eigenvalue weighted by atomic mass is 32.1. The summed E-state index contributed by atoms with van der Waals surface area (Å²) in [5.41, 5.74) is 5.06. The van der Waals surface area contributed by atoms with Gasteiger partial charge in [0, 0.05) is 18.0 Å². The molecule has 144 valence electrons. The zero-order chi connectivity index (χ0) is 19.5. The van der Waals surface area contributed by atoms with E-state index in [1.165, 1.54) is 0 Å². The smallest absolute Gasteiger partial charge is 0.274 e. The van der Waals surface area contributed by atoms with Crippen LogP contribution in [0, 0.1) is 6.92 Å². The molecule has 5 nitrogen and oxygen atoms in total. The second-order valence-corrected chi connectivity index (χ2v) is 7.46. The molecule has 0 radical (unpaired) electrons. The fourth-order valence-electron chi connectivity index (χ4n) is 3.14. The van der Waals surface area contributed by atoms with E-state index in [9.17, 15) is 8.78 Å². The number of aryl methyl sites for hydroxylation is 2. The summed E-state index contributed by atoms with van der Waals surface area (Å²) in [6.07, 6.45) is 3.42. The van der Waals surface area contributed by atoms with E-state index in [0.29, 0.717) is 12.1 Å². The molecule has 0 fully saturated rings. The number of oxime groups is 1. The van der Waals surface area contributed by atoms with Crippen molar-refractivity contribution in [2.45, 2.75) is 32.6 Å². The highest BCUT2D eigenvalue weighted by Gasteiger charge is 2.21.